The van der Waals surface area contributed by atoms with Gasteiger partial charge < -0.3 is 10.6 Å². The molecule has 0 aromatic heterocycles. The van der Waals surface area contributed by atoms with Gasteiger partial charge in [0, 0.05) is 35.5 Å². The molecule has 3 nitrogen and oxygen atoms in total. The number of hydrogen-bond acceptors (Lipinski definition) is 2. The van der Waals surface area contributed by atoms with Gasteiger partial charge in [0.1, 0.15) is 0 Å². The first-order chi connectivity index (χ1) is 9.96. The summed E-state index contributed by atoms with van der Waals surface area (Å²) < 4.78 is 0. The van der Waals surface area contributed by atoms with Crippen molar-refractivity contribution in [2.24, 2.45) is 5.41 Å². The maximum absolute atomic E-state index is 11.4. The molecule has 1 aromatic carbocycles. The number of amides is 1. The van der Waals surface area contributed by atoms with Gasteiger partial charge in [0.05, 0.1) is 0 Å². The first-order valence-corrected chi connectivity index (χ1v) is 7.06. The topological polar surface area (TPSA) is 41.1 Å². The van der Waals surface area contributed by atoms with Crippen molar-refractivity contribution in [3.63, 3.8) is 0 Å². The van der Waals surface area contributed by atoms with Gasteiger partial charge in [-0.15, -0.1) is 0 Å². The molecule has 0 unspecified atom stereocenters. The highest BCUT2D eigenvalue weighted by molar-refractivity contribution is 5.95. The van der Waals surface area contributed by atoms with Crippen LogP contribution in [-0.2, 0) is 11.2 Å². The Morgan fingerprint density at radius 1 is 1.29 bits per heavy atom. The van der Waals surface area contributed by atoms with Crippen LogP contribution in [0.1, 0.15) is 32.8 Å². The second-order valence-corrected chi connectivity index (χ2v) is 6.00. The highest BCUT2D eigenvalue weighted by atomic mass is 16.1. The Morgan fingerprint density at radius 3 is 2.86 bits per heavy atom. The van der Waals surface area contributed by atoms with E-state index in [0.29, 0.717) is 6.42 Å². The molecule has 108 valence electrons. The third kappa shape index (κ3) is 4.56. The monoisotopic (exact) mass is 280 g/mol. The van der Waals surface area contributed by atoms with Crippen LogP contribution in [0.25, 0.3) is 0 Å². The first-order valence-electron chi connectivity index (χ1n) is 7.06. The predicted octanol–water partition coefficient (Wildman–Crippen LogP) is 3.70. The number of anilines is 2. The average molecular weight is 280 g/mol. The lowest BCUT2D eigenvalue weighted by molar-refractivity contribution is -0.116. The summed E-state index contributed by atoms with van der Waals surface area (Å²) in [5.41, 5.74) is 6.02. The van der Waals surface area contributed by atoms with Gasteiger partial charge in [-0.25, -0.2) is 0 Å². The molecule has 1 heterocycles. The molecule has 0 bridgehead atoms. The fourth-order valence-electron chi connectivity index (χ4n) is 2.02. The summed E-state index contributed by atoms with van der Waals surface area (Å²) in [6.45, 7) is 6.21. The van der Waals surface area contributed by atoms with Crippen LogP contribution < -0.4 is 10.6 Å². The molecule has 21 heavy (non-hydrogen) atoms. The van der Waals surface area contributed by atoms with E-state index < -0.39 is 0 Å². The minimum atomic E-state index is 0.00230. The standard InChI is InChI=1S/C18H20N2O/c1-18(2,3)12-5-4-6-13-19-15-8-7-9-16-14(15)10-11-17(21)20-16/h4,7-9,13,19H,10-11H2,1-3H3,(H,20,21). The van der Waals surface area contributed by atoms with Crippen LogP contribution in [0.5, 0.6) is 0 Å². The summed E-state index contributed by atoms with van der Waals surface area (Å²) in [5.74, 6) is 6.15. The second-order valence-electron chi connectivity index (χ2n) is 6.00. The lowest BCUT2D eigenvalue weighted by Crippen LogP contribution is -2.19. The zero-order valence-electron chi connectivity index (χ0n) is 12.7. The van der Waals surface area contributed by atoms with Gasteiger partial charge in [0.15, 0.2) is 0 Å². The Kier molecular flexibility index (Phi) is 4.52. The normalized spacial score (nSPS) is 13.0. The van der Waals surface area contributed by atoms with E-state index >= 15 is 0 Å². The van der Waals surface area contributed by atoms with Gasteiger partial charge in [-0.1, -0.05) is 23.6 Å². The molecule has 3 heteroatoms. The number of carbonyl (C=O) groups excluding carboxylic acids is 1. The summed E-state index contributed by atoms with van der Waals surface area (Å²) in [6.07, 6.45) is 4.73. The number of nitrogens with one attached hydrogen (secondary N) is 2. The molecule has 0 saturated carbocycles. The van der Waals surface area contributed by atoms with Crippen molar-refractivity contribution in [2.45, 2.75) is 33.6 Å². The minimum absolute atomic E-state index is 0.00230. The maximum atomic E-state index is 11.4. The van der Waals surface area contributed by atoms with Gasteiger partial charge in [0.25, 0.3) is 0 Å². The third-order valence-corrected chi connectivity index (χ3v) is 2.97. The number of rotatable bonds is 2. The fraction of sp³-hybridized carbons (Fsp3) is 0.333. The van der Waals surface area contributed by atoms with Crippen LogP contribution in [0.2, 0.25) is 0 Å². The van der Waals surface area contributed by atoms with Crippen LogP contribution in [-0.4, -0.2) is 5.91 Å². The molecule has 0 atom stereocenters. The molecule has 2 rings (SSSR count). The second kappa shape index (κ2) is 6.35. The molecular weight excluding hydrogens is 260 g/mol. The van der Waals surface area contributed by atoms with E-state index in [2.05, 4.69) is 49.0 Å². The molecule has 0 saturated heterocycles. The highest BCUT2D eigenvalue weighted by Gasteiger charge is 2.16. The Bertz CT molecular complexity index is 663. The lowest BCUT2D eigenvalue weighted by Gasteiger charge is -2.19. The summed E-state index contributed by atoms with van der Waals surface area (Å²) in [5, 5.41) is 6.08. The average Bonchev–Trinajstić information content (AvgIpc) is 2.41. The van der Waals surface area contributed by atoms with E-state index in [0.717, 1.165) is 23.4 Å². The van der Waals surface area contributed by atoms with E-state index in [9.17, 15) is 4.79 Å². The number of carbonyl (C=O) groups is 1. The molecule has 1 amide bonds. The van der Waals surface area contributed by atoms with Crippen LogP contribution in [0.3, 0.4) is 0 Å². The molecule has 0 aliphatic carbocycles. The quantitative estimate of drug-likeness (QED) is 0.640. The lowest BCUT2D eigenvalue weighted by atomic mass is 9.98. The molecule has 1 aliphatic heterocycles. The Labute approximate surface area is 126 Å². The van der Waals surface area contributed by atoms with Gasteiger partial charge >= 0.3 is 0 Å². The van der Waals surface area contributed by atoms with E-state index in [1.54, 1.807) is 12.3 Å². The first kappa shape index (κ1) is 15.0. The summed E-state index contributed by atoms with van der Waals surface area (Å²) >= 11 is 0. The summed E-state index contributed by atoms with van der Waals surface area (Å²) in [7, 11) is 0. The van der Waals surface area contributed by atoms with Gasteiger partial charge in [0.2, 0.25) is 5.91 Å². The van der Waals surface area contributed by atoms with Crippen molar-refractivity contribution in [1.82, 2.24) is 0 Å². The zero-order valence-corrected chi connectivity index (χ0v) is 12.7. The van der Waals surface area contributed by atoms with Crippen molar-refractivity contribution in [3.8, 4) is 11.8 Å². The van der Waals surface area contributed by atoms with Crippen LogP contribution in [0.15, 0.2) is 36.2 Å². The molecular formula is C18H20N2O. The van der Waals surface area contributed by atoms with E-state index in [-0.39, 0.29) is 11.3 Å². The Morgan fingerprint density at radius 2 is 2.10 bits per heavy atom. The number of fused-ring (bicyclic) bond motifs is 1. The maximum Gasteiger partial charge on any atom is 0.224 e. The third-order valence-electron chi connectivity index (χ3n) is 2.97. The van der Waals surface area contributed by atoms with Gasteiger partial charge in [-0.05, 0) is 44.9 Å². The highest BCUT2D eigenvalue weighted by Crippen LogP contribution is 2.29. The zero-order chi connectivity index (χ0) is 15.3. The number of allylic oxidation sites excluding steroid dienone is 1. The molecule has 0 radical (unpaired) electrons. The van der Waals surface area contributed by atoms with Gasteiger partial charge in [-0.3, -0.25) is 4.79 Å². The SMILES string of the molecule is CC(C)(C)C#CC=C=CNc1cccc2c1CCC(=O)N2. The smallest absolute Gasteiger partial charge is 0.224 e. The number of hydrogen-bond donors (Lipinski definition) is 2. The molecule has 1 aromatic rings. The van der Waals surface area contributed by atoms with Gasteiger partial charge in [-0.2, -0.15) is 0 Å². The molecule has 0 spiro atoms. The predicted molar refractivity (Wildman–Crippen MR) is 86.9 cm³/mol. The molecule has 0 fully saturated rings. The minimum Gasteiger partial charge on any atom is -0.355 e. The van der Waals surface area contributed by atoms with E-state index in [1.165, 1.54) is 0 Å². The molecule has 1 aliphatic rings. The van der Waals surface area contributed by atoms with Crippen LogP contribution in [0, 0.1) is 17.3 Å². The Hall–Kier alpha value is -2.43. The summed E-state index contributed by atoms with van der Waals surface area (Å²) in [4.78, 5) is 11.4. The van der Waals surface area contributed by atoms with E-state index in [1.807, 2.05) is 18.2 Å². The number of benzene rings is 1. The van der Waals surface area contributed by atoms with Crippen molar-refractivity contribution < 1.29 is 4.79 Å². The fourth-order valence-corrected chi connectivity index (χ4v) is 2.02. The van der Waals surface area contributed by atoms with Crippen molar-refractivity contribution >= 4 is 17.3 Å². The van der Waals surface area contributed by atoms with Crippen molar-refractivity contribution in [2.75, 3.05) is 10.6 Å². The Balaban J connectivity index is 2.07. The van der Waals surface area contributed by atoms with E-state index in [4.69, 9.17) is 0 Å². The largest absolute Gasteiger partial charge is 0.355 e. The van der Waals surface area contributed by atoms with Crippen LogP contribution >= 0.6 is 0 Å². The van der Waals surface area contributed by atoms with Crippen molar-refractivity contribution in [3.05, 3.63) is 41.8 Å². The molecule has 2 N–H and O–H groups in total. The van der Waals surface area contributed by atoms with Crippen LogP contribution in [0.4, 0.5) is 11.4 Å². The summed E-state index contributed by atoms with van der Waals surface area (Å²) in [6, 6.07) is 5.84. The van der Waals surface area contributed by atoms with Crippen molar-refractivity contribution in [1.29, 1.82) is 0 Å².